The van der Waals surface area contributed by atoms with Gasteiger partial charge < -0.3 is 0 Å². The van der Waals surface area contributed by atoms with Crippen LogP contribution in [0.15, 0.2) is 54.6 Å². The molecule has 0 atom stereocenters. The minimum absolute atomic E-state index is 0.711. The van der Waals surface area contributed by atoms with Crippen molar-refractivity contribution in [2.24, 2.45) is 0 Å². The molecule has 0 unspecified atom stereocenters. The molecule has 0 amide bonds. The normalized spacial score (nSPS) is 20.7. The average molecular weight is 293 g/mol. The van der Waals surface area contributed by atoms with Crippen molar-refractivity contribution >= 4 is 29.0 Å². The molecule has 0 aliphatic heterocycles. The smallest absolute Gasteiger partial charge is 0.0587 e. The molecule has 2 aromatic rings. The number of hydrogen-bond donors (Lipinski definition) is 0. The largest absolute Gasteiger partial charge is 0.0782 e. The van der Waals surface area contributed by atoms with Gasteiger partial charge in [-0.3, -0.25) is 0 Å². The van der Waals surface area contributed by atoms with Crippen LogP contribution in [0.2, 0.25) is 5.82 Å². The van der Waals surface area contributed by atoms with Crippen molar-refractivity contribution in [3.63, 3.8) is 0 Å². The lowest BCUT2D eigenvalue weighted by molar-refractivity contribution is 0.443. The first-order chi connectivity index (χ1) is 11.3. The quantitative estimate of drug-likeness (QED) is 0.711. The highest BCUT2D eigenvalue weighted by Crippen LogP contribution is 2.38. The third kappa shape index (κ3) is 4.83. The monoisotopic (exact) mass is 293 g/mol. The van der Waals surface area contributed by atoms with Gasteiger partial charge in [0.25, 0.3) is 0 Å². The van der Waals surface area contributed by atoms with E-state index in [9.17, 15) is 0 Å². The molecule has 1 saturated carbocycles. The number of benzene rings is 2. The summed E-state index contributed by atoms with van der Waals surface area (Å²) in [6.07, 6.45) is 6.16. The lowest BCUT2D eigenvalue weighted by Crippen LogP contribution is -2.21. The van der Waals surface area contributed by atoms with Crippen LogP contribution in [0.4, 0.5) is 0 Å². The van der Waals surface area contributed by atoms with Crippen LogP contribution in [0.3, 0.4) is 0 Å². The van der Waals surface area contributed by atoms with Gasteiger partial charge in [0, 0.05) is 21.9 Å². The minimum atomic E-state index is 0.711. The molecule has 109 valence electrons. The Morgan fingerprint density at radius 3 is 2.13 bits per heavy atom. The van der Waals surface area contributed by atoms with E-state index in [1.807, 2.05) is 7.06 Å². The Morgan fingerprint density at radius 1 is 0.826 bits per heavy atom. The second kappa shape index (κ2) is 8.52. The summed E-state index contributed by atoms with van der Waals surface area (Å²) in [6.45, 7) is 0. The van der Waals surface area contributed by atoms with Gasteiger partial charge in [-0.2, -0.15) is 0 Å². The third-order valence-corrected chi connectivity index (χ3v) is 4.97. The topological polar surface area (TPSA) is 0 Å². The van der Waals surface area contributed by atoms with E-state index in [4.69, 9.17) is 7.74 Å². The fraction of sp³-hybridized carbons (Fsp3) is 0.368. The summed E-state index contributed by atoms with van der Waals surface area (Å²) >= 11 is 0. The van der Waals surface area contributed by atoms with Crippen molar-refractivity contribution in [3.8, 4) is 0 Å². The molecule has 1 aliphatic carbocycles. The van der Waals surface area contributed by atoms with Crippen LogP contribution in [0.5, 0.6) is 0 Å². The zero-order valence-electron chi connectivity index (χ0n) is 13.7. The van der Waals surface area contributed by atoms with Crippen molar-refractivity contribution in [2.75, 3.05) is 0 Å². The molecule has 0 spiro atoms. The second-order valence-corrected chi connectivity index (χ2v) is 6.59. The summed E-state index contributed by atoms with van der Waals surface area (Å²) in [5.41, 5.74) is 4.29. The molecule has 5 radical (unpaired) electrons. The predicted molar refractivity (Wildman–Crippen MR) is 104 cm³/mol. The lowest BCUT2D eigenvalue weighted by atomic mass is 9.11. The Hall–Kier alpha value is -1.30. The predicted octanol–water partition coefficient (Wildman–Crippen LogP) is 3.75. The third-order valence-electron chi connectivity index (χ3n) is 4.97. The molecule has 23 heavy (non-hydrogen) atoms. The second-order valence-electron chi connectivity index (χ2n) is 6.59. The number of rotatable bonds is 6. The zero-order valence-corrected chi connectivity index (χ0v) is 13.7. The SMILES string of the molecule is [B][B][B][B]C1CCC(c2ccc(Cc3ccccc3)cc2)CC1. The molecule has 3 rings (SSSR count). The van der Waals surface area contributed by atoms with Gasteiger partial charge in [-0.05, 0) is 41.9 Å². The van der Waals surface area contributed by atoms with E-state index in [1.165, 1.54) is 42.4 Å². The summed E-state index contributed by atoms with van der Waals surface area (Å²) in [5.74, 6) is 1.44. The van der Waals surface area contributed by atoms with Gasteiger partial charge in [0.15, 0.2) is 0 Å². The maximum Gasteiger partial charge on any atom is 0.0587 e. The van der Waals surface area contributed by atoms with E-state index in [0.717, 1.165) is 12.3 Å². The zero-order chi connectivity index (χ0) is 15.9. The standard InChI is InChI=1S/C19H21B4/c20-22-23-21-19-12-10-18(11-13-19)17-8-6-16(7-9-17)14-15-4-2-1-3-5-15/h1-9,18-19H,10-14H2. The van der Waals surface area contributed by atoms with Crippen molar-refractivity contribution in [1.29, 1.82) is 0 Å². The Morgan fingerprint density at radius 2 is 1.48 bits per heavy atom. The Balaban J connectivity index is 1.54. The van der Waals surface area contributed by atoms with Gasteiger partial charge in [0.1, 0.15) is 0 Å². The van der Waals surface area contributed by atoms with Crippen molar-refractivity contribution < 1.29 is 0 Å². The highest BCUT2D eigenvalue weighted by atomic mass is 14.2. The maximum absolute atomic E-state index is 5.42. The van der Waals surface area contributed by atoms with Gasteiger partial charge in [0.2, 0.25) is 0 Å². The van der Waals surface area contributed by atoms with Gasteiger partial charge in [0.05, 0.1) is 7.17 Å². The first-order valence-corrected chi connectivity index (χ1v) is 8.69. The molecular formula is C19H21B4. The molecule has 0 aromatic heterocycles. The van der Waals surface area contributed by atoms with Crippen LogP contribution in [-0.2, 0) is 6.42 Å². The fourth-order valence-corrected chi connectivity index (χ4v) is 3.61. The molecular weight excluding hydrogens is 271 g/mol. The van der Waals surface area contributed by atoms with E-state index in [-0.39, 0.29) is 0 Å². The summed E-state index contributed by atoms with van der Waals surface area (Å²) < 4.78 is 0. The van der Waals surface area contributed by atoms with Crippen molar-refractivity contribution in [3.05, 3.63) is 71.3 Å². The molecule has 1 fully saturated rings. The van der Waals surface area contributed by atoms with E-state index in [0.29, 0.717) is 5.82 Å². The van der Waals surface area contributed by atoms with Gasteiger partial charge in [-0.25, -0.2) is 0 Å². The highest BCUT2D eigenvalue weighted by Gasteiger charge is 2.21. The van der Waals surface area contributed by atoms with Crippen molar-refractivity contribution in [1.82, 2.24) is 0 Å². The van der Waals surface area contributed by atoms with Crippen molar-refractivity contribution in [2.45, 2.75) is 43.8 Å². The van der Waals surface area contributed by atoms with Crippen LogP contribution in [0, 0.1) is 0 Å². The van der Waals surface area contributed by atoms with Crippen LogP contribution < -0.4 is 0 Å². The summed E-state index contributed by atoms with van der Waals surface area (Å²) in [5, 5.41) is 0. The summed E-state index contributed by atoms with van der Waals surface area (Å²) in [6, 6.07) is 20.0. The molecule has 0 saturated heterocycles. The minimum Gasteiger partial charge on any atom is -0.0782 e. The van der Waals surface area contributed by atoms with Crippen LogP contribution in [0.1, 0.15) is 48.3 Å². The molecule has 4 heteroatoms. The van der Waals surface area contributed by atoms with Gasteiger partial charge >= 0.3 is 0 Å². The van der Waals surface area contributed by atoms with E-state index in [2.05, 4.69) is 61.8 Å². The summed E-state index contributed by atoms with van der Waals surface area (Å²) in [4.78, 5) is 0. The average Bonchev–Trinajstić information content (AvgIpc) is 2.62. The Labute approximate surface area is 144 Å². The summed E-state index contributed by atoms with van der Waals surface area (Å²) in [7, 11) is 11.3. The molecule has 0 bridgehead atoms. The van der Waals surface area contributed by atoms with Crippen LogP contribution >= 0.6 is 0 Å². The maximum atomic E-state index is 5.42. The first kappa shape index (κ1) is 16.6. The molecule has 0 heterocycles. The molecule has 2 aromatic carbocycles. The molecule has 1 aliphatic rings. The lowest BCUT2D eigenvalue weighted by Gasteiger charge is -2.29. The molecule has 0 N–H and O–H groups in total. The highest BCUT2D eigenvalue weighted by molar-refractivity contribution is 7.41. The van der Waals surface area contributed by atoms with Gasteiger partial charge in [-0.15, -0.1) is 0 Å². The van der Waals surface area contributed by atoms with E-state index in [1.54, 1.807) is 7.06 Å². The molecule has 0 nitrogen and oxygen atoms in total. The number of hydrogen-bond acceptors (Lipinski definition) is 0. The van der Waals surface area contributed by atoms with Crippen LogP contribution in [0.25, 0.3) is 0 Å². The van der Waals surface area contributed by atoms with E-state index >= 15 is 0 Å². The van der Waals surface area contributed by atoms with Gasteiger partial charge in [-0.1, -0.05) is 73.3 Å². The Bertz CT molecular complexity index is 574. The van der Waals surface area contributed by atoms with E-state index < -0.39 is 0 Å². The first-order valence-electron chi connectivity index (χ1n) is 8.69. The Kier molecular flexibility index (Phi) is 6.13. The van der Waals surface area contributed by atoms with Crippen LogP contribution in [-0.4, -0.2) is 29.0 Å². The fourth-order valence-electron chi connectivity index (χ4n) is 3.61.